The van der Waals surface area contributed by atoms with Gasteiger partial charge in [-0.3, -0.25) is 4.98 Å². The van der Waals surface area contributed by atoms with E-state index in [0.29, 0.717) is 23.6 Å². The SMILES string of the molecule is C=C(C)[O-].OC[C@H]1O[C@@H]([n+]2c[nH]c3c(NC4CCOC4)ncnc32)[C@@H](O)[C@H]1O. The molecule has 28 heavy (non-hydrogen) atoms. The predicted octanol–water partition coefficient (Wildman–Crippen LogP) is -2.06. The van der Waals surface area contributed by atoms with Crippen LogP contribution in [0.4, 0.5) is 5.82 Å². The number of nitrogens with zero attached hydrogens (tertiary/aromatic N) is 3. The van der Waals surface area contributed by atoms with Crippen molar-refractivity contribution in [3.63, 3.8) is 0 Å². The highest BCUT2D eigenvalue weighted by molar-refractivity contribution is 5.79. The van der Waals surface area contributed by atoms with Crippen molar-refractivity contribution < 1.29 is 34.5 Å². The number of aliphatic hydroxyl groups excluding tert-OH is 3. The Labute approximate surface area is 161 Å². The maximum Gasteiger partial charge on any atom is 0.309 e. The third-order valence-electron chi connectivity index (χ3n) is 4.48. The Morgan fingerprint density at radius 2 is 2.18 bits per heavy atom. The lowest BCUT2D eigenvalue weighted by Crippen LogP contribution is -2.45. The van der Waals surface area contributed by atoms with Crippen LogP contribution in [-0.4, -0.2) is 74.4 Å². The second kappa shape index (κ2) is 8.80. The molecule has 0 aliphatic carbocycles. The molecule has 11 heteroatoms. The Hall–Kier alpha value is -2.31. The molecule has 0 saturated carbocycles. The normalized spacial score (nSPS) is 29.5. The third kappa shape index (κ3) is 4.23. The van der Waals surface area contributed by atoms with Gasteiger partial charge in [0.2, 0.25) is 11.7 Å². The van der Waals surface area contributed by atoms with E-state index in [-0.39, 0.29) is 18.4 Å². The van der Waals surface area contributed by atoms with Crippen LogP contribution < -0.4 is 15.0 Å². The van der Waals surface area contributed by atoms with Crippen LogP contribution in [0, 0.1) is 0 Å². The molecule has 2 fully saturated rings. The van der Waals surface area contributed by atoms with Gasteiger partial charge in [0.1, 0.15) is 18.3 Å². The van der Waals surface area contributed by atoms with Crippen LogP contribution in [0.25, 0.3) is 11.2 Å². The van der Waals surface area contributed by atoms with E-state index in [9.17, 15) is 20.4 Å². The Morgan fingerprint density at radius 1 is 1.43 bits per heavy atom. The predicted molar refractivity (Wildman–Crippen MR) is 94.8 cm³/mol. The lowest BCUT2D eigenvalue weighted by Gasteiger charge is -2.12. The van der Waals surface area contributed by atoms with Crippen LogP contribution in [0.15, 0.2) is 25.0 Å². The standard InChI is InChI=1S/C14H19N5O5.C3H6O/c20-3-8-10(21)11(22)14(24-8)19-6-17-9-12(15-5-16-13(9)19)18-7-1-2-23-4-7;1-3(2)4/h5-8,10-11,14,20-22H,1-4H2,(H,15,16,18);4H,1H2,2H3/t7?,8-,10+,11+,14-;/m1./s1. The van der Waals surface area contributed by atoms with Crippen molar-refractivity contribution in [3.05, 3.63) is 25.0 Å². The Bertz CT molecular complexity index is 804. The number of nitrogens with one attached hydrogen (secondary N) is 2. The summed E-state index contributed by atoms with van der Waals surface area (Å²) in [6.45, 7) is 5.39. The van der Waals surface area contributed by atoms with Crippen LogP contribution in [0.5, 0.6) is 0 Å². The quantitative estimate of drug-likeness (QED) is 0.290. The summed E-state index contributed by atoms with van der Waals surface area (Å²) >= 11 is 0. The highest BCUT2D eigenvalue weighted by atomic mass is 16.6. The average molecular weight is 395 g/mol. The summed E-state index contributed by atoms with van der Waals surface area (Å²) in [6, 6.07) is 0.189. The number of imidazole rings is 1. The summed E-state index contributed by atoms with van der Waals surface area (Å²) in [4.78, 5) is 11.6. The van der Waals surface area contributed by atoms with Crippen molar-refractivity contribution in [2.45, 2.75) is 43.9 Å². The smallest absolute Gasteiger partial charge is 0.309 e. The van der Waals surface area contributed by atoms with Crippen molar-refractivity contribution in [2.75, 3.05) is 25.1 Å². The van der Waals surface area contributed by atoms with E-state index >= 15 is 0 Å². The second-order valence-electron chi connectivity index (χ2n) is 6.74. The van der Waals surface area contributed by atoms with Gasteiger partial charge in [-0.15, -0.1) is 12.3 Å². The number of allylic oxidation sites excluding steroid dienone is 1. The fraction of sp³-hybridized carbons (Fsp3) is 0.588. The highest BCUT2D eigenvalue weighted by Crippen LogP contribution is 2.27. The minimum absolute atomic E-state index is 0.0833. The number of aliphatic hydroxyl groups is 3. The number of aromatic nitrogens is 4. The van der Waals surface area contributed by atoms with Gasteiger partial charge < -0.3 is 35.2 Å². The zero-order chi connectivity index (χ0) is 20.3. The van der Waals surface area contributed by atoms with Crippen LogP contribution >= 0.6 is 0 Å². The van der Waals surface area contributed by atoms with Gasteiger partial charge >= 0.3 is 5.65 Å². The highest BCUT2D eigenvalue weighted by Gasteiger charge is 2.46. The summed E-state index contributed by atoms with van der Waals surface area (Å²) in [6.07, 6.45) is -0.0716. The molecule has 0 bridgehead atoms. The van der Waals surface area contributed by atoms with E-state index < -0.39 is 24.5 Å². The maximum atomic E-state index is 10.2. The molecule has 5 atom stereocenters. The lowest BCUT2D eigenvalue weighted by molar-refractivity contribution is -0.745. The van der Waals surface area contributed by atoms with Gasteiger partial charge in [-0.25, -0.2) is 4.57 Å². The molecule has 154 valence electrons. The average Bonchev–Trinajstić information content (AvgIpc) is 3.36. The topological polar surface area (TPSA) is 160 Å². The fourth-order valence-corrected chi connectivity index (χ4v) is 3.16. The molecule has 2 saturated heterocycles. The van der Waals surface area contributed by atoms with Gasteiger partial charge in [0.25, 0.3) is 0 Å². The van der Waals surface area contributed by atoms with E-state index in [2.05, 4.69) is 26.8 Å². The Kier molecular flexibility index (Phi) is 6.42. The molecule has 11 nitrogen and oxygen atoms in total. The summed E-state index contributed by atoms with van der Waals surface area (Å²) in [5.41, 5.74) is 1.20. The Balaban J connectivity index is 0.000000516. The molecule has 2 aliphatic heterocycles. The number of fused-ring (bicyclic) bond motifs is 1. The summed E-state index contributed by atoms with van der Waals surface area (Å²) < 4.78 is 12.5. The zero-order valence-electron chi connectivity index (χ0n) is 15.5. The largest absolute Gasteiger partial charge is 0.876 e. The minimum atomic E-state index is -1.17. The first-order valence-electron chi connectivity index (χ1n) is 8.94. The van der Waals surface area contributed by atoms with Gasteiger partial charge in [0, 0.05) is 6.61 Å². The third-order valence-corrected chi connectivity index (χ3v) is 4.48. The molecule has 1 unspecified atom stereocenters. The molecule has 4 rings (SSSR count). The molecule has 5 N–H and O–H groups in total. The number of H-pyrrole nitrogens is 1. The monoisotopic (exact) mass is 395 g/mol. The van der Waals surface area contributed by atoms with E-state index in [1.54, 1.807) is 10.9 Å². The molecular formula is C17H25N5O6. The van der Waals surface area contributed by atoms with Crippen molar-refractivity contribution in [1.29, 1.82) is 0 Å². The first-order chi connectivity index (χ1) is 13.4. The van der Waals surface area contributed by atoms with E-state index in [1.165, 1.54) is 13.3 Å². The fourth-order valence-electron chi connectivity index (χ4n) is 3.16. The number of hydrogen-bond donors (Lipinski definition) is 5. The van der Waals surface area contributed by atoms with Crippen molar-refractivity contribution >= 4 is 17.0 Å². The number of hydrogen-bond acceptors (Lipinski definition) is 9. The van der Waals surface area contributed by atoms with Crippen molar-refractivity contribution in [1.82, 2.24) is 15.0 Å². The van der Waals surface area contributed by atoms with Gasteiger partial charge in [-0.1, -0.05) is 11.9 Å². The minimum Gasteiger partial charge on any atom is -0.876 e. The molecule has 4 heterocycles. The van der Waals surface area contributed by atoms with Crippen LogP contribution in [0.3, 0.4) is 0 Å². The molecule has 2 aromatic rings. The molecule has 0 amide bonds. The molecule has 0 aromatic carbocycles. The van der Waals surface area contributed by atoms with Gasteiger partial charge in [0.05, 0.1) is 19.3 Å². The number of rotatable bonds is 4. The van der Waals surface area contributed by atoms with E-state index in [4.69, 9.17) is 9.47 Å². The van der Waals surface area contributed by atoms with E-state index in [0.717, 1.165) is 13.0 Å². The number of aromatic amines is 1. The van der Waals surface area contributed by atoms with E-state index in [1.807, 2.05) is 0 Å². The maximum absolute atomic E-state index is 10.2. The Morgan fingerprint density at radius 3 is 2.79 bits per heavy atom. The summed E-state index contributed by atoms with van der Waals surface area (Å²) in [7, 11) is 0. The van der Waals surface area contributed by atoms with Crippen molar-refractivity contribution in [2.24, 2.45) is 0 Å². The molecular weight excluding hydrogens is 370 g/mol. The van der Waals surface area contributed by atoms with Crippen LogP contribution in [-0.2, 0) is 9.47 Å². The van der Waals surface area contributed by atoms with Crippen LogP contribution in [0.1, 0.15) is 19.6 Å². The number of ether oxygens (including phenoxy) is 2. The molecule has 0 radical (unpaired) electrons. The second-order valence-corrected chi connectivity index (χ2v) is 6.74. The first kappa shape index (κ1) is 20.4. The molecule has 0 spiro atoms. The zero-order valence-corrected chi connectivity index (χ0v) is 15.5. The first-order valence-corrected chi connectivity index (χ1v) is 8.94. The van der Waals surface area contributed by atoms with Gasteiger partial charge in [-0.2, -0.15) is 4.98 Å². The summed E-state index contributed by atoms with van der Waals surface area (Å²) in [5.74, 6) is 0.556. The van der Waals surface area contributed by atoms with Crippen LogP contribution in [0.2, 0.25) is 0 Å². The number of anilines is 1. The molecule has 2 aromatic heterocycles. The summed E-state index contributed by atoms with van der Waals surface area (Å²) in [5, 5.41) is 42.0. The lowest BCUT2D eigenvalue weighted by atomic mass is 10.1. The van der Waals surface area contributed by atoms with Crippen molar-refractivity contribution in [3.8, 4) is 0 Å². The molecule has 2 aliphatic rings. The van der Waals surface area contributed by atoms with Gasteiger partial charge in [0.15, 0.2) is 18.5 Å². The van der Waals surface area contributed by atoms with Gasteiger partial charge in [-0.05, 0) is 6.42 Å².